The van der Waals surface area contributed by atoms with E-state index in [1.807, 2.05) is 30.3 Å². The van der Waals surface area contributed by atoms with E-state index in [-0.39, 0.29) is 5.69 Å². The molecule has 3 N–H and O–H groups in total. The summed E-state index contributed by atoms with van der Waals surface area (Å²) in [6.07, 6.45) is -4.60. The maximum atomic E-state index is 12.9. The van der Waals surface area contributed by atoms with Crippen LogP contribution in [0.1, 0.15) is 5.56 Å². The molecule has 3 aromatic carbocycles. The monoisotopic (exact) mass is 405 g/mol. The Bertz CT molecular complexity index is 961. The molecule has 3 rings (SSSR count). The largest absolute Gasteiger partial charge is 0.417 e. The summed E-state index contributed by atoms with van der Waals surface area (Å²) < 4.78 is 38.7. The lowest BCUT2D eigenvalue weighted by Gasteiger charge is -2.12. The van der Waals surface area contributed by atoms with Gasteiger partial charge in [-0.1, -0.05) is 29.8 Å². The number of nitrogens with one attached hydrogen (secondary N) is 3. The number of hydrogen-bond donors (Lipinski definition) is 3. The van der Waals surface area contributed by atoms with Crippen molar-refractivity contribution in [1.82, 2.24) is 0 Å². The molecule has 0 heterocycles. The molecule has 28 heavy (non-hydrogen) atoms. The number of benzene rings is 3. The highest BCUT2D eigenvalue weighted by Gasteiger charge is 2.33. The Balaban J connectivity index is 1.62. The first-order chi connectivity index (χ1) is 13.3. The Kier molecular flexibility index (Phi) is 5.75. The van der Waals surface area contributed by atoms with Crippen molar-refractivity contribution in [2.45, 2.75) is 6.18 Å². The van der Waals surface area contributed by atoms with Crippen molar-refractivity contribution in [1.29, 1.82) is 0 Å². The zero-order valence-electron chi connectivity index (χ0n) is 14.3. The third-order valence-electron chi connectivity index (χ3n) is 3.73. The quantitative estimate of drug-likeness (QED) is 0.450. The fraction of sp³-hybridized carbons (Fsp3) is 0.0500. The lowest BCUT2D eigenvalue weighted by atomic mass is 10.2. The lowest BCUT2D eigenvalue weighted by molar-refractivity contribution is -0.137. The van der Waals surface area contributed by atoms with Crippen LogP contribution in [0.3, 0.4) is 0 Å². The van der Waals surface area contributed by atoms with Gasteiger partial charge in [0.15, 0.2) is 0 Å². The van der Waals surface area contributed by atoms with Crippen LogP contribution < -0.4 is 16.0 Å². The smallest absolute Gasteiger partial charge is 0.356 e. The van der Waals surface area contributed by atoms with Gasteiger partial charge in [-0.2, -0.15) is 13.2 Å². The second-order valence-corrected chi connectivity index (χ2v) is 6.25. The van der Waals surface area contributed by atoms with Crippen LogP contribution in [-0.4, -0.2) is 6.03 Å². The minimum Gasteiger partial charge on any atom is -0.356 e. The molecule has 0 radical (unpaired) electrons. The number of carbonyl (C=O) groups excluding carboxylic acids is 1. The van der Waals surface area contributed by atoms with Crippen LogP contribution in [-0.2, 0) is 6.18 Å². The average molecular weight is 406 g/mol. The summed E-state index contributed by atoms with van der Waals surface area (Å²) >= 11 is 5.57. The number of alkyl halides is 3. The van der Waals surface area contributed by atoms with Crippen molar-refractivity contribution < 1.29 is 18.0 Å². The summed E-state index contributed by atoms with van der Waals surface area (Å²) in [4.78, 5) is 12.1. The van der Waals surface area contributed by atoms with Crippen molar-refractivity contribution in [3.05, 3.63) is 83.4 Å². The summed E-state index contributed by atoms with van der Waals surface area (Å²) in [6.45, 7) is 0. The highest BCUT2D eigenvalue weighted by Crippen LogP contribution is 2.36. The fourth-order valence-corrected chi connectivity index (χ4v) is 2.66. The molecule has 0 spiro atoms. The minimum atomic E-state index is -4.60. The molecule has 0 atom stereocenters. The highest BCUT2D eigenvalue weighted by molar-refractivity contribution is 6.31. The van der Waals surface area contributed by atoms with Gasteiger partial charge in [-0.25, -0.2) is 4.79 Å². The van der Waals surface area contributed by atoms with Gasteiger partial charge in [0.25, 0.3) is 0 Å². The van der Waals surface area contributed by atoms with Crippen LogP contribution in [0.5, 0.6) is 0 Å². The van der Waals surface area contributed by atoms with Crippen LogP contribution >= 0.6 is 11.6 Å². The third kappa shape index (κ3) is 5.17. The fourth-order valence-electron chi connectivity index (χ4n) is 2.44. The van der Waals surface area contributed by atoms with E-state index in [2.05, 4.69) is 16.0 Å². The Morgan fingerprint density at radius 3 is 1.93 bits per heavy atom. The molecule has 144 valence electrons. The average Bonchev–Trinajstić information content (AvgIpc) is 2.65. The van der Waals surface area contributed by atoms with E-state index < -0.39 is 22.8 Å². The van der Waals surface area contributed by atoms with Gasteiger partial charge in [0.1, 0.15) is 0 Å². The van der Waals surface area contributed by atoms with E-state index in [4.69, 9.17) is 11.6 Å². The van der Waals surface area contributed by atoms with Gasteiger partial charge in [0.05, 0.1) is 10.6 Å². The van der Waals surface area contributed by atoms with Crippen LogP contribution in [0.2, 0.25) is 5.02 Å². The first-order valence-corrected chi connectivity index (χ1v) is 8.56. The van der Waals surface area contributed by atoms with Crippen molar-refractivity contribution in [2.24, 2.45) is 0 Å². The normalized spacial score (nSPS) is 11.0. The Morgan fingerprint density at radius 1 is 0.750 bits per heavy atom. The molecule has 0 fully saturated rings. The van der Waals surface area contributed by atoms with Gasteiger partial charge in [-0.3, -0.25) is 0 Å². The highest BCUT2D eigenvalue weighted by atomic mass is 35.5. The Labute approximate surface area is 164 Å². The minimum absolute atomic E-state index is 0.0170. The number of para-hydroxylation sites is 1. The summed E-state index contributed by atoms with van der Waals surface area (Å²) in [5.74, 6) is 0. The van der Waals surface area contributed by atoms with Crippen molar-refractivity contribution >= 4 is 40.4 Å². The van der Waals surface area contributed by atoms with Crippen molar-refractivity contribution in [3.8, 4) is 0 Å². The number of halogens is 4. The molecule has 0 saturated carbocycles. The summed E-state index contributed by atoms with van der Waals surface area (Å²) in [7, 11) is 0. The van der Waals surface area contributed by atoms with Crippen molar-refractivity contribution in [2.75, 3.05) is 16.0 Å². The lowest BCUT2D eigenvalue weighted by Crippen LogP contribution is -2.19. The maximum Gasteiger partial charge on any atom is 0.417 e. The molecule has 8 heteroatoms. The molecule has 0 aromatic heterocycles. The van der Waals surface area contributed by atoms with E-state index in [1.54, 1.807) is 24.3 Å². The summed E-state index contributed by atoms with van der Waals surface area (Å²) in [5.41, 5.74) is 1.20. The second-order valence-electron chi connectivity index (χ2n) is 5.84. The number of anilines is 4. The molecular formula is C20H15ClF3N3O. The van der Waals surface area contributed by atoms with E-state index in [0.29, 0.717) is 5.69 Å². The van der Waals surface area contributed by atoms with Gasteiger partial charge < -0.3 is 16.0 Å². The SMILES string of the molecule is O=C(Nc1ccc(Nc2ccccc2)cc1)Nc1ccc(Cl)c(C(F)(F)F)c1. The van der Waals surface area contributed by atoms with Gasteiger partial charge in [0, 0.05) is 22.7 Å². The number of urea groups is 1. The van der Waals surface area contributed by atoms with E-state index in [9.17, 15) is 18.0 Å². The van der Waals surface area contributed by atoms with E-state index in [0.717, 1.165) is 23.5 Å². The first kappa shape index (κ1) is 19.6. The predicted octanol–water partition coefficient (Wildman–Crippen LogP) is 6.75. The number of amides is 2. The van der Waals surface area contributed by atoms with Crippen LogP contribution in [0.4, 0.5) is 40.7 Å². The summed E-state index contributed by atoms with van der Waals surface area (Å²) in [5, 5.41) is 7.69. The number of rotatable bonds is 4. The Hall–Kier alpha value is -3.19. The molecule has 0 aliphatic heterocycles. The molecule has 2 amide bonds. The van der Waals surface area contributed by atoms with Gasteiger partial charge in [0.2, 0.25) is 0 Å². The standard InChI is InChI=1S/C20H15ClF3N3O/c21-18-11-10-16(12-17(18)20(22,23)24)27-19(28)26-15-8-6-14(7-9-15)25-13-4-2-1-3-5-13/h1-12,25H,(H2,26,27,28). The molecule has 0 unspecified atom stereocenters. The molecule has 0 saturated heterocycles. The second kappa shape index (κ2) is 8.22. The maximum absolute atomic E-state index is 12.9. The first-order valence-electron chi connectivity index (χ1n) is 8.18. The zero-order chi connectivity index (χ0) is 20.1. The van der Waals surface area contributed by atoms with Crippen LogP contribution in [0.15, 0.2) is 72.8 Å². The van der Waals surface area contributed by atoms with E-state index >= 15 is 0 Å². The molecule has 4 nitrogen and oxygen atoms in total. The van der Waals surface area contributed by atoms with Gasteiger partial charge >= 0.3 is 12.2 Å². The van der Waals surface area contributed by atoms with Crippen LogP contribution in [0.25, 0.3) is 0 Å². The zero-order valence-corrected chi connectivity index (χ0v) is 15.1. The topological polar surface area (TPSA) is 53.2 Å². The molecule has 0 bridgehead atoms. The van der Waals surface area contributed by atoms with Gasteiger partial charge in [-0.05, 0) is 54.6 Å². The molecule has 0 aliphatic rings. The molecule has 0 aliphatic carbocycles. The number of hydrogen-bond acceptors (Lipinski definition) is 2. The molecular weight excluding hydrogens is 391 g/mol. The molecule has 3 aromatic rings. The third-order valence-corrected chi connectivity index (χ3v) is 4.06. The Morgan fingerprint density at radius 2 is 1.29 bits per heavy atom. The van der Waals surface area contributed by atoms with Crippen LogP contribution in [0, 0.1) is 0 Å². The predicted molar refractivity (Wildman–Crippen MR) is 105 cm³/mol. The van der Waals surface area contributed by atoms with Crippen molar-refractivity contribution in [3.63, 3.8) is 0 Å². The summed E-state index contributed by atoms with van der Waals surface area (Å²) in [6, 6.07) is 19.0. The van der Waals surface area contributed by atoms with Gasteiger partial charge in [-0.15, -0.1) is 0 Å². The number of carbonyl (C=O) groups is 1. The van der Waals surface area contributed by atoms with E-state index in [1.165, 1.54) is 6.07 Å².